The van der Waals surface area contributed by atoms with Crippen LogP contribution >= 0.6 is 0 Å². The summed E-state index contributed by atoms with van der Waals surface area (Å²) in [4.78, 5) is 31.1. The van der Waals surface area contributed by atoms with Crippen LogP contribution in [-0.4, -0.2) is 78.5 Å². The lowest BCUT2D eigenvalue weighted by molar-refractivity contribution is -0.149. The zero-order valence-electron chi connectivity index (χ0n) is 27.5. The number of rotatable bonds is 15. The number of piperazine rings is 1. The Labute approximate surface area is 278 Å². The second-order valence-corrected chi connectivity index (χ2v) is 13.0. The summed E-state index contributed by atoms with van der Waals surface area (Å²) < 4.78 is 79.8. The first-order valence-corrected chi connectivity index (χ1v) is 16.4. The topological polar surface area (TPSA) is 131 Å². The molecule has 4 atom stereocenters. The van der Waals surface area contributed by atoms with Gasteiger partial charge in [-0.15, -0.1) is 0 Å². The van der Waals surface area contributed by atoms with Gasteiger partial charge in [0.25, 0.3) is 0 Å². The van der Waals surface area contributed by atoms with E-state index in [4.69, 9.17) is 17.2 Å². The van der Waals surface area contributed by atoms with Crippen molar-refractivity contribution in [3.05, 3.63) is 70.8 Å². The van der Waals surface area contributed by atoms with Crippen molar-refractivity contribution in [3.63, 3.8) is 0 Å². The van der Waals surface area contributed by atoms with E-state index in [1.54, 1.807) is 9.80 Å². The molecule has 1 saturated heterocycles. The Hall–Kier alpha value is -3.20. The van der Waals surface area contributed by atoms with Crippen molar-refractivity contribution in [2.75, 3.05) is 32.7 Å². The molecule has 0 aliphatic carbocycles. The summed E-state index contributed by atoms with van der Waals surface area (Å²) >= 11 is 0. The Morgan fingerprint density at radius 3 is 1.73 bits per heavy atom. The number of amides is 2. The Balaban J connectivity index is 1.84. The lowest BCUT2D eigenvalue weighted by Crippen LogP contribution is -2.65. The van der Waals surface area contributed by atoms with Crippen LogP contribution in [0.4, 0.5) is 26.3 Å². The van der Waals surface area contributed by atoms with Gasteiger partial charge in [-0.25, -0.2) is 0 Å². The molecule has 2 amide bonds. The number of benzene rings is 2. The summed E-state index contributed by atoms with van der Waals surface area (Å²) in [6.07, 6.45) is -6.77. The lowest BCUT2D eigenvalue weighted by atomic mass is 9.93. The maximum atomic E-state index is 13.9. The molecule has 1 aliphatic rings. The molecule has 0 radical (unpaired) electrons. The van der Waals surface area contributed by atoms with Gasteiger partial charge in [-0.2, -0.15) is 26.3 Å². The normalized spacial score (nSPS) is 18.7. The number of carbonyl (C=O) groups is 2. The highest BCUT2D eigenvalue weighted by Crippen LogP contribution is 2.31. The van der Waals surface area contributed by atoms with Crippen LogP contribution < -0.4 is 22.5 Å². The number of nitrogens with zero attached hydrogens (tertiary/aromatic N) is 2. The summed E-state index contributed by atoms with van der Waals surface area (Å²) in [6.45, 7) is 6.07. The highest BCUT2D eigenvalue weighted by atomic mass is 19.4. The summed E-state index contributed by atoms with van der Waals surface area (Å²) in [7, 11) is 0. The van der Waals surface area contributed by atoms with Gasteiger partial charge < -0.3 is 32.3 Å². The zero-order valence-corrected chi connectivity index (χ0v) is 27.5. The Morgan fingerprint density at radius 1 is 0.792 bits per heavy atom. The molecule has 48 heavy (non-hydrogen) atoms. The maximum Gasteiger partial charge on any atom is 0.416 e. The van der Waals surface area contributed by atoms with E-state index in [-0.39, 0.29) is 43.0 Å². The number of halogens is 6. The van der Waals surface area contributed by atoms with E-state index in [1.165, 1.54) is 24.3 Å². The van der Waals surface area contributed by atoms with Crippen LogP contribution in [0.15, 0.2) is 48.5 Å². The van der Waals surface area contributed by atoms with E-state index in [0.29, 0.717) is 38.9 Å². The number of unbranched alkanes of at least 4 members (excludes halogenated alkanes) is 1. The summed E-state index contributed by atoms with van der Waals surface area (Å²) in [5.41, 5.74) is 17.1. The predicted octanol–water partition coefficient (Wildman–Crippen LogP) is 4.34. The van der Waals surface area contributed by atoms with Crippen LogP contribution in [-0.2, 0) is 34.8 Å². The van der Waals surface area contributed by atoms with Crippen molar-refractivity contribution >= 4 is 11.8 Å². The van der Waals surface area contributed by atoms with Crippen LogP contribution in [0.2, 0.25) is 0 Å². The van der Waals surface area contributed by atoms with E-state index in [0.717, 1.165) is 30.7 Å². The van der Waals surface area contributed by atoms with Crippen LogP contribution in [0.5, 0.6) is 0 Å². The molecule has 7 N–H and O–H groups in total. The van der Waals surface area contributed by atoms with Crippen molar-refractivity contribution in [3.8, 4) is 0 Å². The first kappa shape index (κ1) is 39.2. The molecule has 1 heterocycles. The SMILES string of the molecule is CC(C)C[C@@H]1CN(C(=O)C(N)Cc2cccc(C(F)(F)F)c2)[C@@H](CCCCNCCN)CN1C(=O)C(N)Cc1cccc(C(F)(F)F)c1. The van der Waals surface area contributed by atoms with Crippen LogP contribution in [0.1, 0.15) is 61.8 Å². The molecule has 0 aromatic heterocycles. The van der Waals surface area contributed by atoms with Gasteiger partial charge >= 0.3 is 12.4 Å². The summed E-state index contributed by atoms with van der Waals surface area (Å²) in [5.74, 6) is -0.730. The van der Waals surface area contributed by atoms with E-state index in [2.05, 4.69) is 5.32 Å². The molecular formula is C34H48F6N6O2. The van der Waals surface area contributed by atoms with E-state index < -0.39 is 59.5 Å². The minimum Gasteiger partial charge on any atom is -0.335 e. The molecule has 0 bridgehead atoms. The maximum absolute atomic E-state index is 13.9. The second-order valence-electron chi connectivity index (χ2n) is 13.0. The highest BCUT2D eigenvalue weighted by molar-refractivity contribution is 5.85. The van der Waals surface area contributed by atoms with Crippen molar-refractivity contribution in [1.82, 2.24) is 15.1 Å². The first-order chi connectivity index (χ1) is 22.5. The molecule has 0 spiro atoms. The molecule has 3 rings (SSSR count). The van der Waals surface area contributed by atoms with E-state index in [9.17, 15) is 35.9 Å². The zero-order chi connectivity index (χ0) is 35.6. The van der Waals surface area contributed by atoms with E-state index >= 15 is 0 Å². The number of nitrogens with one attached hydrogen (secondary N) is 1. The Kier molecular flexibility index (Phi) is 14.3. The number of hydrogen-bond acceptors (Lipinski definition) is 6. The van der Waals surface area contributed by atoms with Gasteiger partial charge in [0.1, 0.15) is 0 Å². The van der Waals surface area contributed by atoms with Gasteiger partial charge in [0.05, 0.1) is 23.2 Å². The Morgan fingerprint density at radius 2 is 1.27 bits per heavy atom. The molecule has 2 aromatic carbocycles. The Bertz CT molecular complexity index is 1340. The summed E-state index contributed by atoms with van der Waals surface area (Å²) in [5, 5.41) is 3.22. The van der Waals surface area contributed by atoms with Crippen molar-refractivity contribution < 1.29 is 35.9 Å². The predicted molar refractivity (Wildman–Crippen MR) is 172 cm³/mol. The highest BCUT2D eigenvalue weighted by Gasteiger charge is 2.41. The number of nitrogens with two attached hydrogens (primary N) is 3. The molecule has 2 unspecified atom stereocenters. The van der Waals surface area contributed by atoms with Crippen LogP contribution in [0.3, 0.4) is 0 Å². The first-order valence-electron chi connectivity index (χ1n) is 16.4. The quantitative estimate of drug-likeness (QED) is 0.163. The van der Waals surface area contributed by atoms with Gasteiger partial charge in [-0.05, 0) is 67.8 Å². The molecule has 268 valence electrons. The smallest absolute Gasteiger partial charge is 0.335 e. The average Bonchev–Trinajstić information content (AvgIpc) is 3.01. The van der Waals surface area contributed by atoms with Gasteiger partial charge in [-0.3, -0.25) is 9.59 Å². The van der Waals surface area contributed by atoms with Crippen LogP contribution in [0.25, 0.3) is 0 Å². The minimum absolute atomic E-state index is 0.102. The molecule has 1 aliphatic heterocycles. The number of alkyl halides is 6. The van der Waals surface area contributed by atoms with Crippen LogP contribution in [0, 0.1) is 5.92 Å². The monoisotopic (exact) mass is 686 g/mol. The summed E-state index contributed by atoms with van der Waals surface area (Å²) in [6, 6.07) is 6.32. The van der Waals surface area contributed by atoms with Gasteiger partial charge in [-0.1, -0.05) is 56.7 Å². The molecule has 1 fully saturated rings. The van der Waals surface area contributed by atoms with Gasteiger partial charge in [0, 0.05) is 38.3 Å². The molecule has 14 heteroatoms. The third-order valence-electron chi connectivity index (χ3n) is 8.52. The largest absolute Gasteiger partial charge is 0.416 e. The molecular weight excluding hydrogens is 638 g/mol. The fourth-order valence-corrected chi connectivity index (χ4v) is 6.20. The molecule has 0 saturated carbocycles. The third kappa shape index (κ3) is 11.5. The second kappa shape index (κ2) is 17.5. The van der Waals surface area contributed by atoms with Crippen molar-refractivity contribution in [1.29, 1.82) is 0 Å². The minimum atomic E-state index is -4.54. The number of carbonyl (C=O) groups excluding carboxylic acids is 2. The molecule has 2 aromatic rings. The van der Waals surface area contributed by atoms with Gasteiger partial charge in [0.2, 0.25) is 11.8 Å². The lowest BCUT2D eigenvalue weighted by Gasteiger charge is -2.48. The number of hydrogen-bond donors (Lipinski definition) is 4. The standard InChI is InChI=1S/C34H48F6N6O2/c1-22(2)15-28-21-45(31(47)29(42)18-23-7-5-9-25(16-23)33(35,36)37)27(11-3-4-13-44-14-12-41)20-46(28)32(48)30(43)19-24-8-6-10-26(17-24)34(38,39)40/h5-10,16-17,22,27-30,44H,3-4,11-15,18-21,41-43H2,1-2H3/t27-,28+,29?,30?/m0/s1. The third-order valence-corrected chi connectivity index (χ3v) is 8.52. The fraction of sp³-hybridized carbons (Fsp3) is 0.588. The molecule has 8 nitrogen and oxygen atoms in total. The van der Waals surface area contributed by atoms with Crippen molar-refractivity contribution in [2.24, 2.45) is 23.1 Å². The average molecular weight is 687 g/mol. The fourth-order valence-electron chi connectivity index (χ4n) is 6.20. The van der Waals surface area contributed by atoms with Gasteiger partial charge in [0.15, 0.2) is 0 Å². The van der Waals surface area contributed by atoms with E-state index in [1.807, 2.05) is 13.8 Å². The van der Waals surface area contributed by atoms with Crippen molar-refractivity contribution in [2.45, 2.75) is 88.9 Å².